The van der Waals surface area contributed by atoms with Crippen molar-refractivity contribution in [1.82, 2.24) is 0 Å². The van der Waals surface area contributed by atoms with Crippen LogP contribution in [-0.2, 0) is 0 Å². The fourth-order valence-electron chi connectivity index (χ4n) is 5.72. The second-order valence-electron chi connectivity index (χ2n) is 8.80. The van der Waals surface area contributed by atoms with Gasteiger partial charge >= 0.3 is 0 Å². The highest BCUT2D eigenvalue weighted by Crippen LogP contribution is 2.63. The van der Waals surface area contributed by atoms with Gasteiger partial charge in [0.2, 0.25) is 0 Å². The van der Waals surface area contributed by atoms with Crippen LogP contribution in [0.4, 0.5) is 0 Å². The molecule has 0 heterocycles. The fourth-order valence-corrected chi connectivity index (χ4v) is 5.72. The van der Waals surface area contributed by atoms with E-state index in [0.29, 0.717) is 24.3 Å². The molecular formula is C18H33N3O. The van der Waals surface area contributed by atoms with Crippen molar-refractivity contribution in [3.8, 4) is 0 Å². The molecule has 2 aliphatic carbocycles. The summed E-state index contributed by atoms with van der Waals surface area (Å²) in [7, 11) is 0. The molecule has 0 aromatic rings. The molecule has 22 heavy (non-hydrogen) atoms. The molecule has 2 saturated carbocycles. The minimum absolute atomic E-state index is 0.0264. The van der Waals surface area contributed by atoms with E-state index in [9.17, 15) is 5.11 Å². The maximum absolute atomic E-state index is 10.9. The largest absolute Gasteiger partial charge is 0.390 e. The zero-order chi connectivity index (χ0) is 16.6. The van der Waals surface area contributed by atoms with Crippen LogP contribution >= 0.6 is 0 Å². The van der Waals surface area contributed by atoms with Gasteiger partial charge in [-0.2, -0.15) is 0 Å². The number of fused-ring (bicyclic) bond motifs is 1. The molecule has 0 spiro atoms. The van der Waals surface area contributed by atoms with E-state index < -0.39 is 5.60 Å². The van der Waals surface area contributed by atoms with E-state index in [1.54, 1.807) is 0 Å². The lowest BCUT2D eigenvalue weighted by Gasteiger charge is -2.54. The summed E-state index contributed by atoms with van der Waals surface area (Å²) in [6.07, 6.45) is 6.58. The van der Waals surface area contributed by atoms with Crippen LogP contribution in [0.25, 0.3) is 10.4 Å². The highest BCUT2D eigenvalue weighted by atomic mass is 16.3. The minimum Gasteiger partial charge on any atom is -0.390 e. The number of azide groups is 1. The lowest BCUT2D eigenvalue weighted by Crippen LogP contribution is -2.52. The fraction of sp³-hybridized carbons (Fsp3) is 1.00. The molecule has 4 nitrogen and oxygen atoms in total. The zero-order valence-corrected chi connectivity index (χ0v) is 15.0. The first-order chi connectivity index (χ1) is 10.2. The number of hydrogen-bond donors (Lipinski definition) is 1. The third-order valence-electron chi connectivity index (χ3n) is 7.25. The Morgan fingerprint density at radius 1 is 1.27 bits per heavy atom. The predicted octanol–water partition coefficient (Wildman–Crippen LogP) is 5.32. The Labute approximate surface area is 135 Å². The number of aliphatic hydroxyl groups is 1. The van der Waals surface area contributed by atoms with E-state index in [2.05, 4.69) is 37.7 Å². The van der Waals surface area contributed by atoms with Gasteiger partial charge in [0.25, 0.3) is 0 Å². The molecule has 1 N–H and O–H groups in total. The molecular weight excluding hydrogens is 274 g/mol. The van der Waals surface area contributed by atoms with Crippen molar-refractivity contribution in [2.45, 2.75) is 78.7 Å². The molecule has 0 aliphatic heterocycles. The molecule has 0 unspecified atom stereocenters. The first kappa shape index (κ1) is 17.6. The molecule has 126 valence electrons. The number of rotatable bonds is 5. The first-order valence-corrected chi connectivity index (χ1v) is 8.93. The molecule has 2 aliphatic rings. The van der Waals surface area contributed by atoms with Gasteiger partial charge in [0.15, 0.2) is 0 Å². The smallest absolute Gasteiger partial charge is 0.0675 e. The molecule has 0 aromatic carbocycles. The van der Waals surface area contributed by atoms with E-state index in [4.69, 9.17) is 5.53 Å². The normalized spacial score (nSPS) is 41.8. The topological polar surface area (TPSA) is 69.0 Å². The van der Waals surface area contributed by atoms with Crippen molar-refractivity contribution in [2.75, 3.05) is 6.54 Å². The van der Waals surface area contributed by atoms with Gasteiger partial charge < -0.3 is 5.11 Å². The Bertz CT molecular complexity index is 453. The molecule has 0 amide bonds. The molecule has 2 rings (SSSR count). The summed E-state index contributed by atoms with van der Waals surface area (Å²) in [5.41, 5.74) is 8.48. The van der Waals surface area contributed by atoms with Gasteiger partial charge in [-0.15, -0.1) is 0 Å². The average molecular weight is 307 g/mol. The van der Waals surface area contributed by atoms with Crippen LogP contribution in [0.2, 0.25) is 0 Å². The van der Waals surface area contributed by atoms with Crippen LogP contribution < -0.4 is 0 Å². The maximum Gasteiger partial charge on any atom is 0.0675 e. The van der Waals surface area contributed by atoms with Crippen molar-refractivity contribution in [2.24, 2.45) is 33.7 Å². The molecule has 5 atom stereocenters. The summed E-state index contributed by atoms with van der Waals surface area (Å²) in [6, 6.07) is 0. The summed E-state index contributed by atoms with van der Waals surface area (Å²) >= 11 is 0. The van der Waals surface area contributed by atoms with Gasteiger partial charge in [-0.05, 0) is 73.1 Å². The third kappa shape index (κ3) is 2.76. The Hall–Kier alpha value is -0.730. The first-order valence-electron chi connectivity index (χ1n) is 8.93. The molecule has 0 radical (unpaired) electrons. The average Bonchev–Trinajstić information content (AvgIpc) is 2.67. The Morgan fingerprint density at radius 2 is 1.95 bits per heavy atom. The summed E-state index contributed by atoms with van der Waals surface area (Å²) in [4.78, 5) is 3.03. The highest BCUT2D eigenvalue weighted by Gasteiger charge is 2.60. The van der Waals surface area contributed by atoms with Gasteiger partial charge in [-0.1, -0.05) is 39.2 Å². The van der Waals surface area contributed by atoms with Crippen LogP contribution in [-0.4, -0.2) is 17.3 Å². The Morgan fingerprint density at radius 3 is 2.55 bits per heavy atom. The predicted molar refractivity (Wildman–Crippen MR) is 90.4 cm³/mol. The molecule has 4 heteroatoms. The summed E-state index contributed by atoms with van der Waals surface area (Å²) in [5.74, 6) is 1.47. The monoisotopic (exact) mass is 307 g/mol. The van der Waals surface area contributed by atoms with Crippen molar-refractivity contribution in [1.29, 1.82) is 0 Å². The maximum atomic E-state index is 10.9. The van der Waals surface area contributed by atoms with E-state index in [-0.39, 0.29) is 10.8 Å². The second-order valence-corrected chi connectivity index (χ2v) is 8.80. The van der Waals surface area contributed by atoms with Crippen LogP contribution in [0.15, 0.2) is 5.11 Å². The third-order valence-corrected chi connectivity index (χ3v) is 7.25. The summed E-state index contributed by atoms with van der Waals surface area (Å²) in [5, 5.41) is 14.8. The van der Waals surface area contributed by atoms with Gasteiger partial charge in [-0.3, -0.25) is 0 Å². The van der Waals surface area contributed by atoms with Gasteiger partial charge in [0.1, 0.15) is 0 Å². The standard InChI is InChI=1S/C18H33N3O/c1-6-9-16(2,3)14-7-10-17(4)15(8-11-18(17,5)22)13(14)12-20-21-19/h13-15,22H,6-12H2,1-5H3/t13-,14+,15+,17+,18+/m1/s1. The number of hydrogen-bond acceptors (Lipinski definition) is 2. The summed E-state index contributed by atoms with van der Waals surface area (Å²) in [6.45, 7) is 11.9. The van der Waals surface area contributed by atoms with Crippen molar-refractivity contribution in [3.63, 3.8) is 0 Å². The SMILES string of the molecule is CCCC(C)(C)[C@H]1CC[C@@]2(C)[C@@H](CC[C@]2(C)O)[C@@H]1CN=[N+]=[N-]. The van der Waals surface area contributed by atoms with Gasteiger partial charge in [0.05, 0.1) is 5.60 Å². The van der Waals surface area contributed by atoms with E-state index >= 15 is 0 Å². The molecule has 0 aromatic heterocycles. The van der Waals surface area contributed by atoms with Crippen LogP contribution in [0.1, 0.15) is 73.1 Å². The molecule has 0 bridgehead atoms. The van der Waals surface area contributed by atoms with Crippen LogP contribution in [0.3, 0.4) is 0 Å². The van der Waals surface area contributed by atoms with E-state index in [0.717, 1.165) is 25.7 Å². The lowest BCUT2D eigenvalue weighted by atomic mass is 9.52. The van der Waals surface area contributed by atoms with Crippen LogP contribution in [0, 0.1) is 28.6 Å². The van der Waals surface area contributed by atoms with Crippen molar-refractivity contribution < 1.29 is 5.11 Å². The van der Waals surface area contributed by atoms with E-state index in [1.807, 2.05) is 6.92 Å². The number of nitrogens with zero attached hydrogens (tertiary/aromatic N) is 3. The van der Waals surface area contributed by atoms with Gasteiger partial charge in [-0.25, -0.2) is 0 Å². The second kappa shape index (κ2) is 6.05. The van der Waals surface area contributed by atoms with E-state index in [1.165, 1.54) is 12.8 Å². The zero-order valence-electron chi connectivity index (χ0n) is 15.0. The highest BCUT2D eigenvalue weighted by molar-refractivity contribution is 5.10. The Kier molecular flexibility index (Phi) is 4.85. The minimum atomic E-state index is -0.577. The van der Waals surface area contributed by atoms with Gasteiger partial charge in [0, 0.05) is 11.5 Å². The Balaban J connectivity index is 2.33. The molecule has 2 fully saturated rings. The van der Waals surface area contributed by atoms with Crippen LogP contribution in [0.5, 0.6) is 0 Å². The van der Waals surface area contributed by atoms with Crippen molar-refractivity contribution >= 4 is 0 Å². The molecule has 0 saturated heterocycles. The lowest BCUT2D eigenvalue weighted by molar-refractivity contribution is -0.110. The van der Waals surface area contributed by atoms with Crippen molar-refractivity contribution in [3.05, 3.63) is 10.4 Å². The summed E-state index contributed by atoms with van der Waals surface area (Å²) < 4.78 is 0. The quantitative estimate of drug-likeness (QED) is 0.417.